The Morgan fingerprint density at radius 3 is 2.00 bits per heavy atom. The minimum Gasteiger partial charge on any atom is -0.345 e. The molecule has 0 unspecified atom stereocenters. The molecule has 0 aliphatic heterocycles. The van der Waals surface area contributed by atoms with Crippen LogP contribution in [0, 0.1) is 0 Å². The molecule has 5 nitrogen and oxygen atoms in total. The van der Waals surface area contributed by atoms with Crippen LogP contribution in [0.25, 0.3) is 0 Å². The smallest absolute Gasteiger partial charge is 0.264 e. The lowest BCUT2D eigenvalue weighted by molar-refractivity contribution is 0.0940. The summed E-state index contributed by atoms with van der Waals surface area (Å²) >= 11 is 0. The van der Waals surface area contributed by atoms with E-state index < -0.39 is 10.0 Å². The van der Waals surface area contributed by atoms with Crippen LogP contribution in [0.4, 0.5) is 5.69 Å². The molecule has 184 valence electrons. The standard InChI is InChI=1S/C30H30N2O3S/c1-3-24-18-20-26(21-19-24)23(2)31-30(33)28-16-10-11-17-29(28)32(22-25-12-6-4-7-13-25)36(34,35)27-14-8-5-9-15-27/h4-21,23H,3,22H2,1-2H3,(H,31,33)/t23-/m0/s1. The maximum atomic E-state index is 13.8. The molecule has 6 heteroatoms. The van der Waals surface area contributed by atoms with Crippen LogP contribution in [0.2, 0.25) is 0 Å². The number of carbonyl (C=O) groups is 1. The van der Waals surface area contributed by atoms with Gasteiger partial charge in [-0.1, -0.05) is 91.9 Å². The number of nitrogens with one attached hydrogen (secondary N) is 1. The number of sulfonamides is 1. The van der Waals surface area contributed by atoms with Crippen molar-refractivity contribution in [2.45, 2.75) is 37.8 Å². The number of carbonyl (C=O) groups excluding carboxylic acids is 1. The highest BCUT2D eigenvalue weighted by molar-refractivity contribution is 7.92. The quantitative estimate of drug-likeness (QED) is 0.302. The first-order valence-corrected chi connectivity index (χ1v) is 13.4. The normalized spacial score (nSPS) is 12.1. The second kappa shape index (κ2) is 11.2. The molecule has 0 radical (unpaired) electrons. The molecule has 0 aliphatic carbocycles. The van der Waals surface area contributed by atoms with Crippen LogP contribution in [0.5, 0.6) is 0 Å². The minimum absolute atomic E-state index is 0.0936. The number of hydrogen-bond donors (Lipinski definition) is 1. The molecule has 4 aromatic carbocycles. The fourth-order valence-corrected chi connectivity index (χ4v) is 5.54. The van der Waals surface area contributed by atoms with Gasteiger partial charge in [0.15, 0.2) is 0 Å². The highest BCUT2D eigenvalue weighted by Crippen LogP contribution is 2.29. The van der Waals surface area contributed by atoms with Crippen LogP contribution in [-0.4, -0.2) is 14.3 Å². The zero-order chi connectivity index (χ0) is 25.5. The molecular formula is C30H30N2O3S. The van der Waals surface area contributed by atoms with Gasteiger partial charge in [-0.05, 0) is 54.3 Å². The number of nitrogens with zero attached hydrogens (tertiary/aromatic N) is 1. The lowest BCUT2D eigenvalue weighted by atomic mass is 10.0. The van der Waals surface area contributed by atoms with Gasteiger partial charge in [-0.15, -0.1) is 0 Å². The Balaban J connectivity index is 1.71. The molecule has 0 aromatic heterocycles. The van der Waals surface area contributed by atoms with Crippen molar-refractivity contribution in [3.05, 3.63) is 131 Å². The van der Waals surface area contributed by atoms with E-state index in [1.54, 1.807) is 54.6 Å². The first-order valence-electron chi connectivity index (χ1n) is 12.0. The van der Waals surface area contributed by atoms with Crippen LogP contribution < -0.4 is 9.62 Å². The number of amides is 1. The molecule has 0 aliphatic rings. The summed E-state index contributed by atoms with van der Waals surface area (Å²) in [7, 11) is -3.94. The number of hydrogen-bond acceptors (Lipinski definition) is 3. The molecule has 0 bridgehead atoms. The molecule has 1 amide bonds. The summed E-state index contributed by atoms with van der Waals surface area (Å²) in [6.07, 6.45) is 0.946. The zero-order valence-corrected chi connectivity index (χ0v) is 21.3. The van der Waals surface area contributed by atoms with Gasteiger partial charge in [0.2, 0.25) is 0 Å². The van der Waals surface area contributed by atoms with Gasteiger partial charge >= 0.3 is 0 Å². The summed E-state index contributed by atoms with van der Waals surface area (Å²) in [4.78, 5) is 13.6. The summed E-state index contributed by atoms with van der Waals surface area (Å²) in [5.74, 6) is -0.334. The SMILES string of the molecule is CCc1ccc([C@H](C)NC(=O)c2ccccc2N(Cc2ccccc2)S(=O)(=O)c2ccccc2)cc1. The van der Waals surface area contributed by atoms with Crippen LogP contribution >= 0.6 is 0 Å². The maximum Gasteiger partial charge on any atom is 0.264 e. The lowest BCUT2D eigenvalue weighted by Gasteiger charge is -2.27. The van der Waals surface area contributed by atoms with Gasteiger partial charge < -0.3 is 5.32 Å². The van der Waals surface area contributed by atoms with Crippen molar-refractivity contribution in [2.24, 2.45) is 0 Å². The van der Waals surface area contributed by atoms with E-state index in [-0.39, 0.29) is 23.4 Å². The summed E-state index contributed by atoms with van der Waals surface area (Å²) in [6, 6.07) is 32.4. The van der Waals surface area contributed by atoms with Gasteiger partial charge in [0, 0.05) is 0 Å². The average Bonchev–Trinajstić information content (AvgIpc) is 2.92. The van der Waals surface area contributed by atoms with Gasteiger partial charge in [0.25, 0.3) is 15.9 Å². The lowest BCUT2D eigenvalue weighted by Crippen LogP contribution is -2.34. The van der Waals surface area contributed by atoms with Gasteiger partial charge in [-0.2, -0.15) is 0 Å². The van der Waals surface area contributed by atoms with E-state index in [1.807, 2.05) is 49.4 Å². The highest BCUT2D eigenvalue weighted by Gasteiger charge is 2.28. The molecule has 0 fully saturated rings. The first-order chi connectivity index (χ1) is 17.4. The van der Waals surface area contributed by atoms with E-state index in [4.69, 9.17) is 0 Å². The van der Waals surface area contributed by atoms with E-state index in [2.05, 4.69) is 24.4 Å². The minimum atomic E-state index is -3.94. The van der Waals surface area contributed by atoms with E-state index in [0.29, 0.717) is 11.3 Å². The second-order valence-electron chi connectivity index (χ2n) is 8.62. The Bertz CT molecular complexity index is 1400. The molecular weight excluding hydrogens is 468 g/mol. The van der Waals surface area contributed by atoms with Crippen LogP contribution in [0.1, 0.15) is 46.9 Å². The number of anilines is 1. The maximum absolute atomic E-state index is 13.8. The molecule has 0 saturated heterocycles. The summed E-state index contributed by atoms with van der Waals surface area (Å²) < 4.78 is 28.9. The molecule has 36 heavy (non-hydrogen) atoms. The van der Waals surface area contributed by atoms with Crippen molar-refractivity contribution in [1.29, 1.82) is 0 Å². The monoisotopic (exact) mass is 498 g/mol. The van der Waals surface area contributed by atoms with Crippen LogP contribution in [-0.2, 0) is 23.0 Å². The topological polar surface area (TPSA) is 66.5 Å². The molecule has 1 atom stereocenters. The Morgan fingerprint density at radius 2 is 1.36 bits per heavy atom. The Hall–Kier alpha value is -3.90. The summed E-state index contributed by atoms with van der Waals surface area (Å²) in [5.41, 5.74) is 3.65. The van der Waals surface area contributed by atoms with Gasteiger partial charge in [0.05, 0.1) is 28.7 Å². The number of aryl methyl sites for hydroxylation is 1. The third-order valence-corrected chi connectivity index (χ3v) is 7.93. The third-order valence-electron chi connectivity index (χ3n) is 6.15. The fourth-order valence-electron chi connectivity index (χ4n) is 4.05. The first kappa shape index (κ1) is 25.2. The Kier molecular flexibility index (Phi) is 7.86. The second-order valence-corrected chi connectivity index (χ2v) is 10.5. The third kappa shape index (κ3) is 5.66. The molecule has 4 aromatic rings. The number of rotatable bonds is 9. The molecule has 4 rings (SSSR count). The number of benzene rings is 4. The Labute approximate surface area is 213 Å². The summed E-state index contributed by atoms with van der Waals surface area (Å²) in [5, 5.41) is 3.04. The largest absolute Gasteiger partial charge is 0.345 e. The van der Waals surface area contributed by atoms with Crippen molar-refractivity contribution < 1.29 is 13.2 Å². The van der Waals surface area contributed by atoms with Crippen molar-refractivity contribution in [1.82, 2.24) is 5.32 Å². The van der Waals surface area contributed by atoms with E-state index in [9.17, 15) is 13.2 Å². The molecule has 1 N–H and O–H groups in total. The van der Waals surface area contributed by atoms with Crippen molar-refractivity contribution >= 4 is 21.6 Å². The molecule has 0 spiro atoms. The highest BCUT2D eigenvalue weighted by atomic mass is 32.2. The van der Waals surface area contributed by atoms with Crippen molar-refractivity contribution in [2.75, 3.05) is 4.31 Å². The van der Waals surface area contributed by atoms with Crippen molar-refractivity contribution in [3.8, 4) is 0 Å². The molecule has 0 heterocycles. The zero-order valence-electron chi connectivity index (χ0n) is 20.5. The molecule has 0 saturated carbocycles. The predicted octanol–water partition coefficient (Wildman–Crippen LogP) is 6.14. The van der Waals surface area contributed by atoms with E-state index in [1.165, 1.54) is 9.87 Å². The Morgan fingerprint density at radius 1 is 0.778 bits per heavy atom. The van der Waals surface area contributed by atoms with Crippen LogP contribution in [0.3, 0.4) is 0 Å². The fraction of sp³-hybridized carbons (Fsp3) is 0.167. The van der Waals surface area contributed by atoms with E-state index in [0.717, 1.165) is 17.5 Å². The average molecular weight is 499 g/mol. The van der Waals surface area contributed by atoms with Crippen molar-refractivity contribution in [3.63, 3.8) is 0 Å². The van der Waals surface area contributed by atoms with Crippen LogP contribution in [0.15, 0.2) is 114 Å². The summed E-state index contributed by atoms with van der Waals surface area (Å²) in [6.45, 7) is 4.11. The van der Waals surface area contributed by atoms with Gasteiger partial charge in [0.1, 0.15) is 0 Å². The van der Waals surface area contributed by atoms with Gasteiger partial charge in [-0.25, -0.2) is 8.42 Å². The predicted molar refractivity (Wildman–Crippen MR) is 144 cm³/mol. The van der Waals surface area contributed by atoms with E-state index >= 15 is 0 Å². The van der Waals surface area contributed by atoms with Gasteiger partial charge in [-0.3, -0.25) is 9.10 Å². The number of para-hydroxylation sites is 1.